The Morgan fingerprint density at radius 3 is 1.67 bits per heavy atom. The minimum atomic E-state index is -0.157. The highest BCUT2D eigenvalue weighted by Gasteiger charge is 2.36. The number of rotatable bonds is 7. The fourth-order valence-corrected chi connectivity index (χ4v) is 10.4. The van der Waals surface area contributed by atoms with Crippen LogP contribution in [0.25, 0.3) is 88.0 Å². The van der Waals surface area contributed by atoms with E-state index in [1.54, 1.807) is 0 Å². The van der Waals surface area contributed by atoms with Gasteiger partial charge in [-0.05, 0) is 136 Å². The molecule has 0 bridgehead atoms. The highest BCUT2D eigenvalue weighted by Crippen LogP contribution is 2.53. The minimum Gasteiger partial charge on any atom is -0.310 e. The quantitative estimate of drug-likeness (QED) is 0.145. The fourth-order valence-electron chi connectivity index (χ4n) is 10.4. The summed E-state index contributed by atoms with van der Waals surface area (Å²) >= 11 is 0. The van der Waals surface area contributed by atoms with Crippen molar-refractivity contribution in [2.75, 3.05) is 4.90 Å². The molecular formula is C63H45N. The molecule has 11 aromatic carbocycles. The molecule has 0 fully saturated rings. The molecule has 11 aromatic rings. The van der Waals surface area contributed by atoms with E-state index in [9.17, 15) is 0 Å². The molecule has 0 aliphatic heterocycles. The number of fused-ring (bicyclic) bond motifs is 7. The normalized spacial score (nSPS) is 12.7. The zero-order chi connectivity index (χ0) is 42.8. The monoisotopic (exact) mass is 815 g/mol. The summed E-state index contributed by atoms with van der Waals surface area (Å²) in [4.78, 5) is 2.50. The topological polar surface area (TPSA) is 3.24 Å². The Labute approximate surface area is 375 Å². The maximum absolute atomic E-state index is 2.50. The molecule has 0 N–H and O–H groups in total. The van der Waals surface area contributed by atoms with Crippen molar-refractivity contribution in [3.05, 3.63) is 248 Å². The lowest BCUT2D eigenvalue weighted by Crippen LogP contribution is -2.17. The molecule has 64 heavy (non-hydrogen) atoms. The van der Waals surface area contributed by atoms with Crippen LogP contribution < -0.4 is 4.90 Å². The first-order chi connectivity index (χ1) is 31.5. The highest BCUT2D eigenvalue weighted by atomic mass is 15.1. The first kappa shape index (κ1) is 37.7. The Morgan fingerprint density at radius 2 is 0.859 bits per heavy atom. The number of hydrogen-bond acceptors (Lipinski definition) is 1. The molecule has 0 unspecified atom stereocenters. The lowest BCUT2D eigenvalue weighted by molar-refractivity contribution is 0.660. The molecule has 0 heterocycles. The average molecular weight is 816 g/mol. The van der Waals surface area contributed by atoms with Crippen molar-refractivity contribution < 1.29 is 0 Å². The number of benzene rings is 11. The van der Waals surface area contributed by atoms with Crippen molar-refractivity contribution in [1.82, 2.24) is 0 Å². The molecule has 0 saturated carbocycles. The summed E-state index contributed by atoms with van der Waals surface area (Å²) in [5.41, 5.74) is 18.1. The summed E-state index contributed by atoms with van der Waals surface area (Å²) < 4.78 is 0. The van der Waals surface area contributed by atoms with E-state index in [1.807, 2.05) is 0 Å². The van der Waals surface area contributed by atoms with Crippen LogP contribution in [-0.4, -0.2) is 0 Å². The largest absolute Gasteiger partial charge is 0.310 e. The minimum absolute atomic E-state index is 0.157. The highest BCUT2D eigenvalue weighted by molar-refractivity contribution is 6.15. The van der Waals surface area contributed by atoms with Gasteiger partial charge < -0.3 is 4.90 Å². The fraction of sp³-hybridized carbons (Fsp3) is 0.0476. The summed E-state index contributed by atoms with van der Waals surface area (Å²) in [5, 5.41) is 7.49. The zero-order valence-corrected chi connectivity index (χ0v) is 36.0. The molecule has 0 atom stereocenters. The Bertz CT molecular complexity index is 3560. The van der Waals surface area contributed by atoms with Crippen LogP contribution in [0.5, 0.6) is 0 Å². The van der Waals surface area contributed by atoms with Crippen molar-refractivity contribution in [2.24, 2.45) is 0 Å². The third kappa shape index (κ3) is 6.23. The van der Waals surface area contributed by atoms with E-state index in [4.69, 9.17) is 0 Å². The Hall–Kier alpha value is -8.00. The van der Waals surface area contributed by atoms with Gasteiger partial charge in [-0.2, -0.15) is 0 Å². The molecule has 1 aliphatic carbocycles. The standard InChI is InChI=1S/C63H45N/c1-63(2)59-25-13-12-23-55(59)56-38-37-51(41-60(56)63)64(50-35-33-45(34-36-50)48-32-29-43-17-6-7-18-47(43)39-48)61-26-14-24-57(62(61)46-30-27-44(28-31-46)42-15-4-3-5-16-42)58-40-49-19-8-9-20-52(49)53-21-10-11-22-54(53)58/h3-41H,1-2H3. The van der Waals surface area contributed by atoms with Gasteiger partial charge in [0.1, 0.15) is 0 Å². The zero-order valence-electron chi connectivity index (χ0n) is 36.0. The molecule has 0 spiro atoms. The molecule has 12 rings (SSSR count). The first-order valence-electron chi connectivity index (χ1n) is 22.3. The van der Waals surface area contributed by atoms with Crippen molar-refractivity contribution in [1.29, 1.82) is 0 Å². The van der Waals surface area contributed by atoms with Gasteiger partial charge >= 0.3 is 0 Å². The van der Waals surface area contributed by atoms with Gasteiger partial charge in [-0.25, -0.2) is 0 Å². The Morgan fingerprint density at radius 1 is 0.297 bits per heavy atom. The predicted octanol–water partition coefficient (Wildman–Crippen LogP) is 17.6. The van der Waals surface area contributed by atoms with Crippen molar-refractivity contribution >= 4 is 49.4 Å². The molecular weight excluding hydrogens is 771 g/mol. The van der Waals surface area contributed by atoms with E-state index < -0.39 is 0 Å². The van der Waals surface area contributed by atoms with E-state index in [-0.39, 0.29) is 5.41 Å². The number of nitrogens with zero attached hydrogens (tertiary/aromatic N) is 1. The van der Waals surface area contributed by atoms with Gasteiger partial charge in [0.25, 0.3) is 0 Å². The second-order valence-corrected chi connectivity index (χ2v) is 17.7. The van der Waals surface area contributed by atoms with Crippen molar-refractivity contribution in [3.8, 4) is 55.6 Å². The van der Waals surface area contributed by atoms with Gasteiger partial charge in [0.15, 0.2) is 0 Å². The van der Waals surface area contributed by atoms with Crippen molar-refractivity contribution in [3.63, 3.8) is 0 Å². The first-order valence-corrected chi connectivity index (χ1v) is 22.3. The Balaban J connectivity index is 1.11. The van der Waals surface area contributed by atoms with Crippen LogP contribution in [0, 0.1) is 0 Å². The van der Waals surface area contributed by atoms with Crippen LogP contribution in [0.4, 0.5) is 17.1 Å². The Kier molecular flexibility index (Phi) is 8.91. The summed E-state index contributed by atoms with van der Waals surface area (Å²) in [6.45, 7) is 4.74. The van der Waals surface area contributed by atoms with E-state index in [1.165, 1.54) is 93.5 Å². The molecule has 0 radical (unpaired) electrons. The van der Waals surface area contributed by atoms with Crippen LogP contribution >= 0.6 is 0 Å². The lowest BCUT2D eigenvalue weighted by Gasteiger charge is -2.31. The summed E-state index contributed by atoms with van der Waals surface area (Å²) in [5.74, 6) is 0. The second-order valence-electron chi connectivity index (χ2n) is 17.7. The lowest BCUT2D eigenvalue weighted by atomic mass is 9.82. The van der Waals surface area contributed by atoms with Crippen LogP contribution in [-0.2, 0) is 5.41 Å². The van der Waals surface area contributed by atoms with Crippen LogP contribution in [0.1, 0.15) is 25.0 Å². The van der Waals surface area contributed by atoms with Gasteiger partial charge in [0, 0.05) is 22.4 Å². The summed E-state index contributed by atoms with van der Waals surface area (Å²) in [6, 6.07) is 87.4. The van der Waals surface area contributed by atoms with Gasteiger partial charge in [-0.15, -0.1) is 0 Å². The van der Waals surface area contributed by atoms with Crippen LogP contribution in [0.2, 0.25) is 0 Å². The van der Waals surface area contributed by atoms with Gasteiger partial charge in [-0.3, -0.25) is 0 Å². The molecule has 1 aliphatic rings. The van der Waals surface area contributed by atoms with E-state index in [0.717, 1.165) is 22.6 Å². The predicted molar refractivity (Wildman–Crippen MR) is 273 cm³/mol. The third-order valence-electron chi connectivity index (χ3n) is 13.7. The summed E-state index contributed by atoms with van der Waals surface area (Å²) in [7, 11) is 0. The molecule has 1 nitrogen and oxygen atoms in total. The van der Waals surface area contributed by atoms with Crippen molar-refractivity contribution in [2.45, 2.75) is 19.3 Å². The molecule has 0 amide bonds. The van der Waals surface area contributed by atoms with E-state index >= 15 is 0 Å². The average Bonchev–Trinajstić information content (AvgIpc) is 3.59. The van der Waals surface area contributed by atoms with E-state index in [2.05, 4.69) is 255 Å². The van der Waals surface area contributed by atoms with Gasteiger partial charge in [0.2, 0.25) is 0 Å². The molecule has 302 valence electrons. The maximum Gasteiger partial charge on any atom is 0.0546 e. The summed E-state index contributed by atoms with van der Waals surface area (Å²) in [6.07, 6.45) is 0. The van der Waals surface area contributed by atoms with Gasteiger partial charge in [-0.1, -0.05) is 208 Å². The number of hydrogen-bond donors (Lipinski definition) is 0. The third-order valence-corrected chi connectivity index (χ3v) is 13.7. The van der Waals surface area contributed by atoms with E-state index in [0.29, 0.717) is 0 Å². The smallest absolute Gasteiger partial charge is 0.0546 e. The maximum atomic E-state index is 2.50. The van der Waals surface area contributed by atoms with Crippen LogP contribution in [0.15, 0.2) is 237 Å². The second kappa shape index (κ2) is 15.1. The SMILES string of the molecule is CC1(C)c2ccccc2-c2ccc(N(c3ccc(-c4ccc5ccccc5c4)cc3)c3cccc(-c4cc5ccccc5c5ccccc45)c3-c3ccc(-c4ccccc4)cc3)cc21. The number of anilines is 3. The van der Waals surface area contributed by atoms with Crippen LogP contribution in [0.3, 0.4) is 0 Å². The molecule has 0 aromatic heterocycles. The molecule has 1 heteroatoms. The molecule has 0 saturated heterocycles. The van der Waals surface area contributed by atoms with Gasteiger partial charge in [0.05, 0.1) is 5.69 Å².